The van der Waals surface area contributed by atoms with Crippen LogP contribution in [-0.2, 0) is 0 Å². The minimum Gasteiger partial charge on any atom is -0.477 e. The van der Waals surface area contributed by atoms with Gasteiger partial charge in [0.25, 0.3) is 0 Å². The van der Waals surface area contributed by atoms with Crippen molar-refractivity contribution in [2.45, 2.75) is 6.92 Å². The number of nitrogens with zero attached hydrogens (tertiary/aromatic N) is 3. The molecule has 0 atom stereocenters. The molecule has 0 aliphatic rings. The minimum atomic E-state index is -1.07. The number of aromatic nitrogens is 3. The Bertz CT molecular complexity index is 806. The number of carbonyl (C=O) groups is 1. The second-order valence-corrected chi connectivity index (χ2v) is 4.51. The first-order valence-electron chi connectivity index (χ1n) is 6.02. The Labute approximate surface area is 114 Å². The van der Waals surface area contributed by atoms with Crippen LogP contribution < -0.4 is 5.73 Å². The highest BCUT2D eigenvalue weighted by Gasteiger charge is 2.15. The van der Waals surface area contributed by atoms with E-state index in [-0.39, 0.29) is 11.6 Å². The highest BCUT2D eigenvalue weighted by molar-refractivity contribution is 5.89. The van der Waals surface area contributed by atoms with Crippen molar-refractivity contribution in [2.75, 3.05) is 5.73 Å². The van der Waals surface area contributed by atoms with Crippen molar-refractivity contribution >= 4 is 17.6 Å². The van der Waals surface area contributed by atoms with Gasteiger partial charge in [-0.1, -0.05) is 29.8 Å². The normalized spacial score (nSPS) is 10.8. The lowest BCUT2D eigenvalue weighted by molar-refractivity contribution is 0.0687. The number of fused-ring (bicyclic) bond motifs is 1. The Balaban J connectivity index is 2.30. The van der Waals surface area contributed by atoms with E-state index in [0.717, 1.165) is 16.7 Å². The second kappa shape index (κ2) is 4.34. The van der Waals surface area contributed by atoms with Gasteiger partial charge in [-0.2, -0.15) is 4.98 Å². The van der Waals surface area contributed by atoms with E-state index < -0.39 is 5.97 Å². The number of carboxylic acids is 1. The third-order valence-electron chi connectivity index (χ3n) is 3.08. The molecular formula is C14H12N4O2. The molecule has 0 saturated carbocycles. The lowest BCUT2D eigenvalue weighted by Crippen LogP contribution is -2.07. The molecule has 6 nitrogen and oxygen atoms in total. The predicted octanol–water partition coefficient (Wildman–Crippen LogP) is 1.99. The molecule has 100 valence electrons. The molecule has 3 rings (SSSR count). The fourth-order valence-corrected chi connectivity index (χ4v) is 2.10. The van der Waals surface area contributed by atoms with Crippen LogP contribution in [0.5, 0.6) is 0 Å². The average molecular weight is 268 g/mol. The summed E-state index contributed by atoms with van der Waals surface area (Å²) in [6.45, 7) is 2.00. The lowest BCUT2D eigenvalue weighted by atomic mass is 10.1. The second-order valence-electron chi connectivity index (χ2n) is 4.51. The van der Waals surface area contributed by atoms with Crippen LogP contribution in [0.1, 0.15) is 16.1 Å². The molecule has 2 heterocycles. The van der Waals surface area contributed by atoms with Gasteiger partial charge >= 0.3 is 5.97 Å². The number of nitrogens with two attached hydrogens (primary N) is 1. The van der Waals surface area contributed by atoms with Crippen molar-refractivity contribution in [3.63, 3.8) is 0 Å². The molecule has 0 spiro atoms. The van der Waals surface area contributed by atoms with E-state index in [1.165, 1.54) is 10.6 Å². The van der Waals surface area contributed by atoms with Crippen molar-refractivity contribution in [2.24, 2.45) is 0 Å². The monoisotopic (exact) mass is 268 g/mol. The van der Waals surface area contributed by atoms with Crippen molar-refractivity contribution < 1.29 is 9.90 Å². The maximum absolute atomic E-state index is 11.2. The molecule has 1 aromatic carbocycles. The molecule has 0 amide bonds. The standard InChI is InChI=1S/C14H12N4O2/c1-8-2-4-9(5-3-8)10-6-7-11(13(19)20)18-12(10)16-14(15)17-18/h2-7H,1H3,(H2,15,17)(H,19,20). The van der Waals surface area contributed by atoms with Crippen LogP contribution in [-0.4, -0.2) is 25.7 Å². The number of rotatable bonds is 2. The first-order valence-corrected chi connectivity index (χ1v) is 6.02. The Morgan fingerprint density at radius 1 is 1.20 bits per heavy atom. The zero-order chi connectivity index (χ0) is 14.3. The Kier molecular flexibility index (Phi) is 2.64. The topological polar surface area (TPSA) is 93.5 Å². The summed E-state index contributed by atoms with van der Waals surface area (Å²) in [5.74, 6) is -1.03. The highest BCUT2D eigenvalue weighted by Crippen LogP contribution is 2.25. The summed E-state index contributed by atoms with van der Waals surface area (Å²) in [7, 11) is 0. The van der Waals surface area contributed by atoms with E-state index in [1.807, 2.05) is 31.2 Å². The summed E-state index contributed by atoms with van der Waals surface area (Å²) < 4.78 is 1.26. The van der Waals surface area contributed by atoms with Gasteiger partial charge in [-0.15, -0.1) is 5.10 Å². The molecule has 0 aliphatic carbocycles. The Morgan fingerprint density at radius 3 is 2.55 bits per heavy atom. The van der Waals surface area contributed by atoms with Gasteiger partial charge in [-0.05, 0) is 24.6 Å². The van der Waals surface area contributed by atoms with Gasteiger partial charge in [0.15, 0.2) is 11.3 Å². The van der Waals surface area contributed by atoms with Crippen molar-refractivity contribution in [3.05, 3.63) is 47.7 Å². The first-order chi connectivity index (χ1) is 9.56. The zero-order valence-corrected chi connectivity index (χ0v) is 10.7. The summed E-state index contributed by atoms with van der Waals surface area (Å²) in [5.41, 5.74) is 8.93. The molecule has 0 radical (unpaired) electrons. The molecular weight excluding hydrogens is 256 g/mol. The maximum Gasteiger partial charge on any atom is 0.354 e. The van der Waals surface area contributed by atoms with E-state index in [0.29, 0.717) is 5.65 Å². The SMILES string of the molecule is Cc1ccc(-c2ccc(C(=O)O)n3nc(N)nc23)cc1. The van der Waals surface area contributed by atoms with E-state index in [2.05, 4.69) is 10.1 Å². The van der Waals surface area contributed by atoms with Gasteiger partial charge < -0.3 is 10.8 Å². The van der Waals surface area contributed by atoms with E-state index in [4.69, 9.17) is 10.8 Å². The van der Waals surface area contributed by atoms with Crippen LogP contribution in [0.2, 0.25) is 0 Å². The molecule has 2 aromatic heterocycles. The molecule has 0 bridgehead atoms. The van der Waals surface area contributed by atoms with Crippen LogP contribution in [0.4, 0.5) is 5.95 Å². The number of aromatic carboxylic acids is 1. The first kappa shape index (κ1) is 12.2. The van der Waals surface area contributed by atoms with Crippen LogP contribution in [0.25, 0.3) is 16.8 Å². The van der Waals surface area contributed by atoms with Gasteiger partial charge in [-0.3, -0.25) is 0 Å². The lowest BCUT2D eigenvalue weighted by Gasteiger charge is -2.05. The summed E-state index contributed by atoms with van der Waals surface area (Å²) in [5, 5.41) is 13.1. The maximum atomic E-state index is 11.2. The van der Waals surface area contributed by atoms with Gasteiger partial charge in [0.05, 0.1) is 0 Å². The molecule has 6 heteroatoms. The molecule has 3 N–H and O–H groups in total. The summed E-state index contributed by atoms with van der Waals surface area (Å²) >= 11 is 0. The predicted molar refractivity (Wildman–Crippen MR) is 74.5 cm³/mol. The van der Waals surface area contributed by atoms with Crippen LogP contribution in [0, 0.1) is 6.92 Å². The number of aryl methyl sites for hydroxylation is 1. The van der Waals surface area contributed by atoms with Crippen molar-refractivity contribution in [1.82, 2.24) is 14.6 Å². The Hall–Kier alpha value is -2.89. The number of benzene rings is 1. The number of pyridine rings is 1. The zero-order valence-electron chi connectivity index (χ0n) is 10.7. The molecule has 0 aliphatic heterocycles. The smallest absolute Gasteiger partial charge is 0.354 e. The number of carboxylic acid groups (broad SMARTS) is 1. The summed E-state index contributed by atoms with van der Waals surface area (Å²) in [4.78, 5) is 15.3. The van der Waals surface area contributed by atoms with E-state index in [9.17, 15) is 4.79 Å². The van der Waals surface area contributed by atoms with Crippen LogP contribution >= 0.6 is 0 Å². The van der Waals surface area contributed by atoms with E-state index in [1.54, 1.807) is 6.07 Å². The van der Waals surface area contributed by atoms with Crippen molar-refractivity contribution in [3.8, 4) is 11.1 Å². The highest BCUT2D eigenvalue weighted by atomic mass is 16.4. The largest absolute Gasteiger partial charge is 0.477 e. The Morgan fingerprint density at radius 2 is 1.90 bits per heavy atom. The molecule has 0 fully saturated rings. The fraction of sp³-hybridized carbons (Fsp3) is 0.0714. The van der Waals surface area contributed by atoms with Crippen LogP contribution in [0.15, 0.2) is 36.4 Å². The number of nitrogen functional groups attached to an aromatic ring is 1. The van der Waals surface area contributed by atoms with Gasteiger partial charge in [0.1, 0.15) is 0 Å². The van der Waals surface area contributed by atoms with Gasteiger partial charge in [0.2, 0.25) is 5.95 Å². The molecule has 0 saturated heterocycles. The number of hydrogen-bond acceptors (Lipinski definition) is 4. The van der Waals surface area contributed by atoms with Gasteiger partial charge in [0, 0.05) is 5.56 Å². The minimum absolute atomic E-state index is 0.0278. The van der Waals surface area contributed by atoms with Crippen molar-refractivity contribution in [1.29, 1.82) is 0 Å². The number of anilines is 1. The fourth-order valence-electron chi connectivity index (χ4n) is 2.10. The molecule has 0 unspecified atom stereocenters. The summed E-state index contributed by atoms with van der Waals surface area (Å²) in [6.07, 6.45) is 0. The third-order valence-corrected chi connectivity index (χ3v) is 3.08. The summed E-state index contributed by atoms with van der Waals surface area (Å²) in [6, 6.07) is 11.1. The number of hydrogen-bond donors (Lipinski definition) is 2. The molecule has 3 aromatic rings. The van der Waals surface area contributed by atoms with Gasteiger partial charge in [-0.25, -0.2) is 9.31 Å². The quantitative estimate of drug-likeness (QED) is 0.741. The third kappa shape index (κ3) is 1.87. The van der Waals surface area contributed by atoms with Crippen LogP contribution in [0.3, 0.4) is 0 Å². The average Bonchev–Trinajstić information content (AvgIpc) is 2.79. The van der Waals surface area contributed by atoms with E-state index >= 15 is 0 Å². The molecule has 20 heavy (non-hydrogen) atoms.